The minimum Gasteiger partial charge on any atom is -0.464 e. The predicted molar refractivity (Wildman–Crippen MR) is 110 cm³/mol. The molecule has 27 heavy (non-hydrogen) atoms. The number of nitrogens with one attached hydrogen (secondary N) is 2. The lowest BCUT2D eigenvalue weighted by atomic mass is 10.1. The zero-order valence-corrected chi connectivity index (χ0v) is 16.0. The molecule has 1 atom stereocenters. The van der Waals surface area contributed by atoms with Gasteiger partial charge in [-0.05, 0) is 11.5 Å². The number of thiocarbonyl (C=S) groups is 1. The van der Waals surface area contributed by atoms with Crippen molar-refractivity contribution in [1.29, 1.82) is 0 Å². The van der Waals surface area contributed by atoms with E-state index in [1.54, 1.807) is 6.07 Å². The maximum absolute atomic E-state index is 12.2. The summed E-state index contributed by atoms with van der Waals surface area (Å²) in [7, 11) is 0. The number of hydrogen-bond acceptors (Lipinski definition) is 6. The summed E-state index contributed by atoms with van der Waals surface area (Å²) >= 11 is 6.23. The van der Waals surface area contributed by atoms with Gasteiger partial charge in [0.15, 0.2) is 5.78 Å². The van der Waals surface area contributed by atoms with E-state index in [1.165, 1.54) is 0 Å². The average Bonchev–Trinajstić information content (AvgIpc) is 3.05. The number of rotatable bonds is 6. The second kappa shape index (κ2) is 8.96. The second-order valence-electron chi connectivity index (χ2n) is 6.02. The van der Waals surface area contributed by atoms with Crippen molar-refractivity contribution in [3.05, 3.63) is 42.5 Å². The first kappa shape index (κ1) is 19.3. The number of anilines is 1. The maximum atomic E-state index is 12.2. The molecule has 1 saturated heterocycles. The number of carbonyl (C=O) groups is 3. The van der Waals surface area contributed by atoms with Crippen molar-refractivity contribution >= 4 is 62.4 Å². The molecule has 0 saturated carbocycles. The molecule has 1 heterocycles. The topological polar surface area (TPSA) is 84.5 Å². The first-order valence-electron chi connectivity index (χ1n) is 8.42. The van der Waals surface area contributed by atoms with Crippen molar-refractivity contribution in [3.8, 4) is 0 Å². The highest BCUT2D eigenvalue weighted by molar-refractivity contribution is 8.23. The van der Waals surface area contributed by atoms with Crippen LogP contribution in [0.5, 0.6) is 0 Å². The van der Waals surface area contributed by atoms with Gasteiger partial charge in [-0.25, -0.2) is 4.79 Å². The Hall–Kier alpha value is -2.45. The SMILES string of the molecule is O=C(CSC(=S)N[C@@H]1CCOC1=O)CC(=O)Nc1cccc2ccccc12. The van der Waals surface area contributed by atoms with Crippen LogP contribution in [-0.4, -0.2) is 40.4 Å². The maximum Gasteiger partial charge on any atom is 0.328 e. The number of hydrogen-bond donors (Lipinski definition) is 2. The lowest BCUT2D eigenvalue weighted by Gasteiger charge is -2.11. The Morgan fingerprint density at radius 2 is 1.96 bits per heavy atom. The van der Waals surface area contributed by atoms with Crippen LogP contribution in [0.25, 0.3) is 10.8 Å². The fourth-order valence-corrected chi connectivity index (χ4v) is 3.65. The number of amides is 1. The molecule has 0 bridgehead atoms. The Labute approximate surface area is 166 Å². The van der Waals surface area contributed by atoms with E-state index in [-0.39, 0.29) is 29.8 Å². The minimum atomic E-state index is -0.449. The molecule has 8 heteroatoms. The molecule has 1 amide bonds. The van der Waals surface area contributed by atoms with E-state index < -0.39 is 6.04 Å². The molecule has 1 aliphatic rings. The Morgan fingerprint density at radius 3 is 2.74 bits per heavy atom. The second-order valence-corrected chi connectivity index (χ2v) is 7.67. The van der Waals surface area contributed by atoms with Gasteiger partial charge in [0.05, 0.1) is 18.8 Å². The summed E-state index contributed by atoms with van der Waals surface area (Å²) in [5.74, 6) is -0.874. The van der Waals surface area contributed by atoms with Crippen molar-refractivity contribution in [2.75, 3.05) is 17.7 Å². The number of cyclic esters (lactones) is 1. The fourth-order valence-electron chi connectivity index (χ4n) is 2.72. The van der Waals surface area contributed by atoms with Crippen LogP contribution < -0.4 is 10.6 Å². The Bertz CT molecular complexity index is 895. The standard InChI is InChI=1S/C19H18N2O4S2/c22-13(11-27-19(26)21-16-8-9-25-18(16)24)10-17(23)20-15-7-3-5-12-4-1-2-6-14(12)15/h1-7,16H,8-11H2,(H,20,23)(H,21,26)/t16-/m1/s1. The van der Waals surface area contributed by atoms with Crippen LogP contribution in [0.4, 0.5) is 5.69 Å². The molecule has 3 rings (SSSR count). The normalized spacial score (nSPS) is 16.0. The third-order valence-corrected chi connectivity index (χ3v) is 5.33. The van der Waals surface area contributed by atoms with E-state index in [2.05, 4.69) is 10.6 Å². The van der Waals surface area contributed by atoms with Crippen molar-refractivity contribution < 1.29 is 19.1 Å². The largest absolute Gasteiger partial charge is 0.464 e. The van der Waals surface area contributed by atoms with Gasteiger partial charge in [0.2, 0.25) is 5.91 Å². The summed E-state index contributed by atoms with van der Waals surface area (Å²) in [6.07, 6.45) is 0.325. The van der Waals surface area contributed by atoms with E-state index in [0.717, 1.165) is 22.5 Å². The molecule has 0 radical (unpaired) electrons. The Morgan fingerprint density at radius 1 is 1.19 bits per heavy atom. The molecule has 2 aromatic carbocycles. The number of fused-ring (bicyclic) bond motifs is 1. The van der Waals surface area contributed by atoms with Crippen LogP contribution in [0.15, 0.2) is 42.5 Å². The highest BCUT2D eigenvalue weighted by Gasteiger charge is 2.27. The Kier molecular flexibility index (Phi) is 6.41. The first-order chi connectivity index (χ1) is 13.0. The van der Waals surface area contributed by atoms with Gasteiger partial charge in [0.1, 0.15) is 10.4 Å². The summed E-state index contributed by atoms with van der Waals surface area (Å²) in [4.78, 5) is 35.6. The average molecular weight is 402 g/mol. The van der Waals surface area contributed by atoms with Gasteiger partial charge in [-0.15, -0.1) is 0 Å². The number of carbonyl (C=O) groups excluding carboxylic acids is 3. The number of ketones is 1. The minimum absolute atomic E-state index is 0.0660. The van der Waals surface area contributed by atoms with Crippen molar-refractivity contribution in [1.82, 2.24) is 5.32 Å². The fraction of sp³-hybridized carbons (Fsp3) is 0.263. The van der Waals surface area contributed by atoms with Crippen LogP contribution in [0.1, 0.15) is 12.8 Å². The highest BCUT2D eigenvalue weighted by Crippen LogP contribution is 2.23. The zero-order valence-electron chi connectivity index (χ0n) is 14.4. The lowest BCUT2D eigenvalue weighted by molar-refractivity contribution is -0.139. The van der Waals surface area contributed by atoms with Gasteiger partial charge >= 0.3 is 5.97 Å². The summed E-state index contributed by atoms with van der Waals surface area (Å²) in [5, 5.41) is 7.59. The monoisotopic (exact) mass is 402 g/mol. The predicted octanol–water partition coefficient (Wildman–Crippen LogP) is 2.66. The zero-order chi connectivity index (χ0) is 19.2. The number of esters is 1. The van der Waals surface area contributed by atoms with E-state index in [0.29, 0.717) is 23.0 Å². The third-order valence-electron chi connectivity index (χ3n) is 4.01. The van der Waals surface area contributed by atoms with Gasteiger partial charge in [0.25, 0.3) is 0 Å². The molecule has 1 fully saturated rings. The molecule has 0 aliphatic carbocycles. The summed E-state index contributed by atoms with van der Waals surface area (Å²) in [5.41, 5.74) is 0.676. The molecule has 0 aromatic heterocycles. The summed E-state index contributed by atoms with van der Waals surface area (Å²) in [6, 6.07) is 12.9. The quantitative estimate of drug-likeness (QED) is 0.437. The molecule has 2 N–H and O–H groups in total. The van der Waals surface area contributed by atoms with E-state index in [4.69, 9.17) is 17.0 Å². The third kappa shape index (κ3) is 5.27. The van der Waals surface area contributed by atoms with Gasteiger partial charge in [-0.1, -0.05) is 60.4 Å². The van der Waals surface area contributed by atoms with Crippen molar-refractivity contribution in [3.63, 3.8) is 0 Å². The molecular weight excluding hydrogens is 384 g/mol. The lowest BCUT2D eigenvalue weighted by Crippen LogP contribution is -2.35. The van der Waals surface area contributed by atoms with Crippen molar-refractivity contribution in [2.45, 2.75) is 18.9 Å². The molecule has 0 spiro atoms. The molecule has 1 aliphatic heterocycles. The van der Waals surface area contributed by atoms with Gasteiger partial charge in [-0.3, -0.25) is 9.59 Å². The molecule has 6 nitrogen and oxygen atoms in total. The molecular formula is C19H18N2O4S2. The van der Waals surface area contributed by atoms with E-state index in [9.17, 15) is 14.4 Å². The van der Waals surface area contributed by atoms with Crippen molar-refractivity contribution in [2.24, 2.45) is 0 Å². The smallest absolute Gasteiger partial charge is 0.328 e. The van der Waals surface area contributed by atoms with Crippen LogP contribution >= 0.6 is 24.0 Å². The van der Waals surface area contributed by atoms with Gasteiger partial charge in [0, 0.05) is 17.5 Å². The van der Waals surface area contributed by atoms with Crippen LogP contribution in [0.3, 0.4) is 0 Å². The number of thioether (sulfide) groups is 1. The molecule has 2 aromatic rings. The van der Waals surface area contributed by atoms with Crippen LogP contribution in [0.2, 0.25) is 0 Å². The summed E-state index contributed by atoms with van der Waals surface area (Å²) in [6.45, 7) is 0.372. The molecule has 0 unspecified atom stereocenters. The number of benzene rings is 2. The van der Waals surface area contributed by atoms with E-state index >= 15 is 0 Å². The van der Waals surface area contributed by atoms with Gasteiger partial charge in [-0.2, -0.15) is 0 Å². The summed E-state index contributed by atoms with van der Waals surface area (Å²) < 4.78 is 5.19. The highest BCUT2D eigenvalue weighted by atomic mass is 32.2. The molecule has 140 valence electrons. The Balaban J connectivity index is 1.47. The van der Waals surface area contributed by atoms with Crippen LogP contribution in [0, 0.1) is 0 Å². The van der Waals surface area contributed by atoms with Gasteiger partial charge < -0.3 is 15.4 Å². The first-order valence-corrected chi connectivity index (χ1v) is 9.81. The number of ether oxygens (including phenoxy) is 1. The number of Topliss-reactive ketones (excluding diaryl/α,β-unsaturated/α-hetero) is 1. The van der Waals surface area contributed by atoms with E-state index in [1.807, 2.05) is 36.4 Å². The van der Waals surface area contributed by atoms with Crippen LogP contribution in [-0.2, 0) is 19.1 Å².